The summed E-state index contributed by atoms with van der Waals surface area (Å²) in [6.07, 6.45) is -25.1. The van der Waals surface area contributed by atoms with Crippen LogP contribution in [0.1, 0.15) is 77.6 Å². The number of fused-ring (bicyclic) bond motifs is 4. The highest BCUT2D eigenvalue weighted by Gasteiger charge is 2.62. The molecule has 8 aliphatic heterocycles. The second kappa shape index (κ2) is 34.2. The molecule has 12 heterocycles. The predicted octanol–water partition coefficient (Wildman–Crippen LogP) is 1.98. The molecule has 0 radical (unpaired) electrons. The standard InChI is InChI=1S/4C17H18FN2O9P/c4*1-9-3-2-4-10-7-26-30(25,29-13(9)10)27-8-17(18)14(23)12(22)15(28-17)20-6-5-11(21)19-16(20)24/h4*2-6,12,14-15,22-23H,7-8H2,1H3,(H,19,21,24)/t4*12-,14+,15-,17-,30?/m1111/s1/i8D2,15D;15D;8D2;. The summed E-state index contributed by atoms with van der Waals surface area (Å²) in [5.74, 6) is -13.5. The van der Waals surface area contributed by atoms with Crippen LogP contribution in [0, 0.1) is 27.7 Å². The number of halogens is 4. The Hall–Kier alpha value is -9.36. The molecule has 16 rings (SSSR count). The molecule has 52 heteroatoms. The zero-order valence-electron chi connectivity index (χ0n) is 67.7. The number of nitrogens with zero attached hydrogens (tertiary/aromatic N) is 4. The molecule has 4 aromatic carbocycles. The van der Waals surface area contributed by atoms with E-state index in [0.29, 0.717) is 64.4 Å². The van der Waals surface area contributed by atoms with Crippen molar-refractivity contribution in [3.8, 4) is 23.0 Å². The van der Waals surface area contributed by atoms with E-state index < -0.39 is 200 Å². The van der Waals surface area contributed by atoms with Gasteiger partial charge in [-0.05, 0) is 49.9 Å². The summed E-state index contributed by atoms with van der Waals surface area (Å²) in [6.45, 7) is -4.12. The van der Waals surface area contributed by atoms with Crippen molar-refractivity contribution in [3.63, 3.8) is 0 Å². The fourth-order valence-electron chi connectivity index (χ4n) is 12.1. The third-order valence-corrected chi connectivity index (χ3v) is 23.3. The predicted molar refractivity (Wildman–Crippen MR) is 390 cm³/mol. The minimum atomic E-state index is -4.83. The molecule has 4 fully saturated rings. The smallest absolute Gasteiger partial charge is 0.403 e. The van der Waals surface area contributed by atoms with Crippen molar-refractivity contribution in [1.82, 2.24) is 38.2 Å². The van der Waals surface area contributed by atoms with Crippen LogP contribution in [-0.2, 0) is 99.8 Å². The number of phosphoric ester groups is 4. The van der Waals surface area contributed by atoms with Gasteiger partial charge in [0.2, 0.25) is 0 Å². The number of ether oxygens (including phenoxy) is 4. The number of aliphatic hydroxyl groups excluding tert-OH is 8. The van der Waals surface area contributed by atoms with Crippen molar-refractivity contribution in [3.05, 3.63) is 250 Å². The van der Waals surface area contributed by atoms with E-state index in [4.69, 9.17) is 81.5 Å². The SMILES string of the molecule is Cc1cccc2c1OP(=O)(OC[C@@]1(F)O[C@@H](n3ccc(=O)[nH]c3=O)[C@H](O)[C@@H]1O)OC2.[2H]C([2H])(OP1(=O)OCc2cccc(C)c2O1)[C@@]1(F)O[C@@H](n2ccc(=O)[nH]c2=O)[C@H](O)[C@@H]1O.[2H]C([2H])(OP1(=O)OCc2cccc(C)c2O1)[C@@]1(F)O[C@@]([2H])(n2ccc(=O)[nH]c2=O)[C@H](O)[C@@H]1O.[2H][C@@]1(n2ccc(=O)[nH]c2=O)O[C@](F)(COP2(=O)OCc3cccc(C)c3O2)[C@@H](O)[C@H]1O. The van der Waals surface area contributed by atoms with Gasteiger partial charge in [-0.2, -0.15) is 0 Å². The average molecular weight is 1780 g/mol. The molecule has 0 spiro atoms. The molecular formula is C68H72F4N8O36P4. The topological polar surface area (TPSA) is 597 Å². The molecule has 0 saturated carbocycles. The maximum Gasteiger partial charge on any atom is 0.530 e. The lowest BCUT2D eigenvalue weighted by atomic mass is 10.1. The number of benzene rings is 4. The molecule has 12 N–H and O–H groups in total. The van der Waals surface area contributed by atoms with Gasteiger partial charge in [-0.25, -0.2) is 55.0 Å². The van der Waals surface area contributed by atoms with E-state index in [0.717, 1.165) is 42.9 Å². The normalized spacial score (nSPS) is 35.3. The Kier molecular flexibility index (Phi) is 22.9. The minimum absolute atomic E-state index is 0.0679. The number of para-hydroxylation sites is 4. The van der Waals surface area contributed by atoms with Crippen LogP contribution in [0.3, 0.4) is 0 Å². The Labute approximate surface area is 675 Å². The fourth-order valence-corrected chi connectivity index (χ4v) is 17.1. The van der Waals surface area contributed by atoms with E-state index in [-0.39, 0.29) is 54.0 Å². The van der Waals surface area contributed by atoms with Crippen LogP contribution in [0.2, 0.25) is 0 Å². The van der Waals surface area contributed by atoms with Crippen molar-refractivity contribution in [2.45, 2.75) is 151 Å². The quantitative estimate of drug-likeness (QED) is 0.0486. The number of H-pyrrole nitrogens is 4. The van der Waals surface area contributed by atoms with E-state index in [9.17, 15) is 97.5 Å². The summed E-state index contributed by atoms with van der Waals surface area (Å²) in [6, 6.07) is 23.5. The van der Waals surface area contributed by atoms with Gasteiger partial charge in [0.05, 0.1) is 34.7 Å². The summed E-state index contributed by atoms with van der Waals surface area (Å²) < 4.78 is 244. The number of alkyl halides is 4. The zero-order chi connectivity index (χ0) is 92.2. The molecular weight excluding hydrogens is 1700 g/mol. The largest absolute Gasteiger partial charge is 0.530 e. The number of rotatable bonds is 16. The molecule has 8 aliphatic rings. The molecule has 120 heavy (non-hydrogen) atoms. The maximum atomic E-state index is 15.8. The van der Waals surface area contributed by atoms with Crippen molar-refractivity contribution in [2.75, 3.05) is 26.3 Å². The number of aliphatic hydroxyl groups is 8. The number of phosphoric acid groups is 4. The fraction of sp³-hybridized carbons (Fsp3) is 0.412. The highest BCUT2D eigenvalue weighted by atomic mass is 31.2. The Morgan fingerprint density at radius 2 is 0.633 bits per heavy atom. The number of nitrogens with one attached hydrogen (secondary N) is 4. The van der Waals surface area contributed by atoms with Crippen LogP contribution >= 0.6 is 31.3 Å². The molecule has 0 aliphatic carbocycles. The van der Waals surface area contributed by atoms with Gasteiger partial charge in [0.25, 0.3) is 45.7 Å². The van der Waals surface area contributed by atoms with Crippen LogP contribution in [-0.4, -0.2) is 178 Å². The van der Waals surface area contributed by atoms with Crippen molar-refractivity contribution in [1.29, 1.82) is 0 Å². The first-order valence-corrected chi connectivity index (χ1v) is 40.6. The average Bonchev–Trinajstić information content (AvgIpc) is 1.56. The van der Waals surface area contributed by atoms with Crippen molar-refractivity contribution < 1.29 is 158 Å². The second-order valence-electron chi connectivity index (χ2n) is 26.8. The van der Waals surface area contributed by atoms with E-state index >= 15 is 17.6 Å². The van der Waals surface area contributed by atoms with Crippen LogP contribution in [0.5, 0.6) is 23.0 Å². The van der Waals surface area contributed by atoms with Gasteiger partial charge in [0, 0.05) is 71.3 Å². The molecule has 4 unspecified atom stereocenters. The maximum absolute atomic E-state index is 15.8. The third kappa shape index (κ3) is 18.2. The number of hydrogen-bond donors (Lipinski definition) is 12. The lowest BCUT2D eigenvalue weighted by molar-refractivity contribution is -0.205. The van der Waals surface area contributed by atoms with Crippen LogP contribution in [0.4, 0.5) is 17.6 Å². The first-order valence-electron chi connectivity index (χ1n) is 37.7. The second-order valence-corrected chi connectivity index (χ2v) is 33.1. The first kappa shape index (κ1) is 80.4. The van der Waals surface area contributed by atoms with Gasteiger partial charge < -0.3 is 77.9 Å². The van der Waals surface area contributed by atoms with Crippen molar-refractivity contribution in [2.24, 2.45) is 0 Å². The number of aromatic amines is 4. The van der Waals surface area contributed by atoms with E-state index in [1.807, 2.05) is 15.0 Å². The van der Waals surface area contributed by atoms with E-state index in [2.05, 4.69) is 0 Å². The highest BCUT2D eigenvalue weighted by Crippen LogP contribution is 2.61. The third-order valence-electron chi connectivity index (χ3n) is 18.4. The Balaban J connectivity index is 0.000000144. The van der Waals surface area contributed by atoms with Gasteiger partial charge in [-0.1, -0.05) is 72.8 Å². The molecule has 0 bridgehead atoms. The van der Waals surface area contributed by atoms with Gasteiger partial charge in [0.15, 0.2) is 24.9 Å². The van der Waals surface area contributed by atoms with Crippen LogP contribution in [0.15, 0.2) is 160 Å². The number of aryl methyl sites for hydroxylation is 4. The van der Waals surface area contributed by atoms with E-state index in [1.54, 1.807) is 105 Å². The zero-order valence-corrected chi connectivity index (χ0v) is 65.2. The Morgan fingerprint density at radius 3 is 0.950 bits per heavy atom. The molecule has 4 aromatic heterocycles. The summed E-state index contributed by atoms with van der Waals surface area (Å²) in [4.78, 5) is 100. The first-order chi connectivity index (χ1) is 58.7. The highest BCUT2D eigenvalue weighted by molar-refractivity contribution is 7.49. The molecule has 8 aromatic rings. The molecule has 648 valence electrons. The monoisotopic (exact) mass is 1780 g/mol. The van der Waals surface area contributed by atoms with Gasteiger partial charge >= 0.3 is 54.0 Å². The molecule has 20 atom stereocenters. The molecule has 4 saturated heterocycles. The summed E-state index contributed by atoms with van der Waals surface area (Å²) in [5.41, 5.74) is -3.22. The molecule has 0 amide bonds. The van der Waals surface area contributed by atoms with Gasteiger partial charge in [0.1, 0.15) is 98.2 Å². The van der Waals surface area contributed by atoms with Gasteiger partial charge in [-0.15, -0.1) is 0 Å². The molecule has 44 nitrogen and oxygen atoms in total. The lowest BCUT2D eigenvalue weighted by Crippen LogP contribution is -2.43. The van der Waals surface area contributed by atoms with Crippen LogP contribution in [0.25, 0.3) is 0 Å². The minimum Gasteiger partial charge on any atom is -0.403 e. The van der Waals surface area contributed by atoms with Gasteiger partial charge in [-0.3, -0.25) is 93.6 Å². The Morgan fingerprint density at radius 1 is 0.383 bits per heavy atom. The van der Waals surface area contributed by atoms with E-state index in [1.165, 1.54) is 0 Å². The lowest BCUT2D eigenvalue weighted by Gasteiger charge is -2.29. The van der Waals surface area contributed by atoms with Crippen LogP contribution < -0.4 is 63.1 Å². The summed E-state index contributed by atoms with van der Waals surface area (Å²) in [7, 11) is -18.2. The van der Waals surface area contributed by atoms with Crippen molar-refractivity contribution >= 4 is 31.3 Å². The number of aromatic nitrogens is 8. The summed E-state index contributed by atoms with van der Waals surface area (Å²) in [5, 5.41) is 81.7. The number of hydrogen-bond acceptors (Lipinski definition) is 36. The summed E-state index contributed by atoms with van der Waals surface area (Å²) >= 11 is 0. The Bertz CT molecular complexity index is 6300.